The summed E-state index contributed by atoms with van der Waals surface area (Å²) in [5.74, 6) is 0.0828. The molecule has 0 aliphatic carbocycles. The summed E-state index contributed by atoms with van der Waals surface area (Å²) in [7, 11) is 1.64. The van der Waals surface area contributed by atoms with Crippen LogP contribution in [0.4, 0.5) is 4.79 Å². The monoisotopic (exact) mass is 459 g/mol. The lowest BCUT2D eigenvalue weighted by Gasteiger charge is -2.55. The highest BCUT2D eigenvalue weighted by Gasteiger charge is 2.50. The molecule has 0 bridgehead atoms. The first kappa shape index (κ1) is 25.0. The van der Waals surface area contributed by atoms with Crippen LogP contribution >= 0.6 is 0 Å². The second-order valence-corrected chi connectivity index (χ2v) is 9.03. The largest absolute Gasteiger partial charge is 0.385 e. The Balaban J connectivity index is 1.86. The summed E-state index contributed by atoms with van der Waals surface area (Å²) in [5.41, 5.74) is 0.997. The molecule has 1 aromatic carbocycles. The number of fused-ring (bicyclic) bond motifs is 1. The second-order valence-electron chi connectivity index (χ2n) is 9.03. The van der Waals surface area contributed by atoms with Crippen LogP contribution in [0.2, 0.25) is 0 Å². The summed E-state index contributed by atoms with van der Waals surface area (Å²) in [6, 6.07) is 8.88. The normalized spacial score (nSPS) is 21.5. The van der Waals surface area contributed by atoms with Gasteiger partial charge in [-0.05, 0) is 24.3 Å². The van der Waals surface area contributed by atoms with E-state index in [-0.39, 0.29) is 36.9 Å². The molecule has 2 atom stereocenters. The van der Waals surface area contributed by atoms with Gasteiger partial charge in [0.1, 0.15) is 12.2 Å². The van der Waals surface area contributed by atoms with Gasteiger partial charge in [0.15, 0.2) is 0 Å². The van der Waals surface area contributed by atoms with Gasteiger partial charge in [-0.2, -0.15) is 0 Å². The van der Waals surface area contributed by atoms with E-state index in [1.54, 1.807) is 26.9 Å². The van der Waals surface area contributed by atoms with Crippen LogP contribution in [0.25, 0.3) is 0 Å². The first-order valence-electron chi connectivity index (χ1n) is 11.8. The number of hydrazine groups is 1. The minimum atomic E-state index is -0.567. The number of benzene rings is 1. The van der Waals surface area contributed by atoms with Crippen molar-refractivity contribution in [1.82, 2.24) is 25.1 Å². The predicted molar refractivity (Wildman–Crippen MR) is 125 cm³/mol. The molecule has 3 rings (SSSR count). The molecule has 2 aliphatic heterocycles. The van der Waals surface area contributed by atoms with Crippen LogP contribution in [-0.2, 0) is 20.9 Å². The Kier molecular flexibility index (Phi) is 8.68. The summed E-state index contributed by atoms with van der Waals surface area (Å²) < 4.78 is 5.17. The number of carbonyl (C=O) groups excluding carboxylic acids is 3. The molecule has 33 heavy (non-hydrogen) atoms. The molecule has 2 heterocycles. The lowest BCUT2D eigenvalue weighted by molar-refractivity contribution is -0.191. The van der Waals surface area contributed by atoms with Gasteiger partial charge in [-0.3, -0.25) is 9.59 Å². The number of piperazine rings is 1. The number of methoxy groups -OCH3 is 1. The Hall–Kier alpha value is -2.65. The van der Waals surface area contributed by atoms with E-state index in [9.17, 15) is 14.4 Å². The van der Waals surface area contributed by atoms with Crippen molar-refractivity contribution in [3.05, 3.63) is 35.9 Å². The Labute approximate surface area is 196 Å². The average molecular weight is 460 g/mol. The van der Waals surface area contributed by atoms with Crippen molar-refractivity contribution < 1.29 is 19.1 Å². The number of carbonyl (C=O) groups is 3. The number of amides is 4. The molecular formula is C24H37N5O4. The highest BCUT2D eigenvalue weighted by molar-refractivity contribution is 5.91. The molecule has 0 unspecified atom stereocenters. The molecule has 9 heteroatoms. The summed E-state index contributed by atoms with van der Waals surface area (Å²) in [6.07, 6.45) is 0.730. The molecule has 182 valence electrons. The zero-order valence-electron chi connectivity index (χ0n) is 20.2. The lowest BCUT2D eigenvalue weighted by atomic mass is 9.97. The van der Waals surface area contributed by atoms with E-state index in [1.165, 1.54) is 0 Å². The number of hydrogen-bond donors (Lipinski definition) is 1. The zero-order chi connectivity index (χ0) is 24.0. The van der Waals surface area contributed by atoms with Crippen molar-refractivity contribution in [2.75, 3.05) is 39.9 Å². The second kappa shape index (κ2) is 11.5. The summed E-state index contributed by atoms with van der Waals surface area (Å²) in [6.45, 7) is 8.37. The molecule has 0 spiro atoms. The molecule has 1 N–H and O–H groups in total. The van der Waals surface area contributed by atoms with Crippen molar-refractivity contribution >= 4 is 17.8 Å². The van der Waals surface area contributed by atoms with Gasteiger partial charge < -0.3 is 19.9 Å². The fourth-order valence-electron chi connectivity index (χ4n) is 4.59. The van der Waals surface area contributed by atoms with Gasteiger partial charge >= 0.3 is 6.03 Å². The summed E-state index contributed by atoms with van der Waals surface area (Å²) in [5, 5.41) is 6.42. The Morgan fingerprint density at radius 1 is 1.21 bits per heavy atom. The van der Waals surface area contributed by atoms with Crippen LogP contribution in [0.5, 0.6) is 0 Å². The molecule has 2 fully saturated rings. The Morgan fingerprint density at radius 2 is 1.94 bits per heavy atom. The van der Waals surface area contributed by atoms with Crippen LogP contribution in [0.3, 0.4) is 0 Å². The van der Waals surface area contributed by atoms with Crippen molar-refractivity contribution in [2.24, 2.45) is 5.92 Å². The van der Waals surface area contributed by atoms with Crippen molar-refractivity contribution in [3.63, 3.8) is 0 Å². The quantitative estimate of drug-likeness (QED) is 0.570. The van der Waals surface area contributed by atoms with Crippen LogP contribution in [0.1, 0.15) is 39.2 Å². The first-order valence-corrected chi connectivity index (χ1v) is 11.8. The van der Waals surface area contributed by atoms with Crippen LogP contribution in [0.15, 0.2) is 30.3 Å². The van der Waals surface area contributed by atoms with Crippen molar-refractivity contribution in [2.45, 2.75) is 52.4 Å². The number of hydrogen-bond acceptors (Lipinski definition) is 5. The van der Waals surface area contributed by atoms with Crippen LogP contribution < -0.4 is 5.32 Å². The SMILES string of the molecule is CCN1CC(=O)N2[C@@H](CC(C)C)C(=O)N(CCCOC)C[C@@H]2N1C(=O)NCc1ccccc1. The zero-order valence-corrected chi connectivity index (χ0v) is 20.2. The minimum Gasteiger partial charge on any atom is -0.385 e. The molecule has 0 aromatic heterocycles. The third-order valence-corrected chi connectivity index (χ3v) is 6.16. The molecule has 2 aliphatic rings. The van der Waals surface area contributed by atoms with E-state index in [1.807, 2.05) is 51.1 Å². The third kappa shape index (κ3) is 5.83. The van der Waals surface area contributed by atoms with Gasteiger partial charge in [-0.1, -0.05) is 51.1 Å². The van der Waals surface area contributed by atoms with Crippen LogP contribution in [-0.4, -0.2) is 89.8 Å². The van der Waals surface area contributed by atoms with E-state index in [4.69, 9.17) is 4.74 Å². The first-order chi connectivity index (χ1) is 15.9. The van der Waals surface area contributed by atoms with Gasteiger partial charge in [0.2, 0.25) is 11.8 Å². The van der Waals surface area contributed by atoms with Gasteiger partial charge in [0, 0.05) is 33.4 Å². The number of rotatable bonds is 9. The summed E-state index contributed by atoms with van der Waals surface area (Å²) >= 11 is 0. The lowest BCUT2D eigenvalue weighted by Crippen LogP contribution is -2.76. The molecule has 2 saturated heterocycles. The predicted octanol–water partition coefficient (Wildman–Crippen LogP) is 1.90. The molecular weight excluding hydrogens is 422 g/mol. The fraction of sp³-hybridized carbons (Fsp3) is 0.625. The number of urea groups is 1. The van der Waals surface area contributed by atoms with E-state index in [2.05, 4.69) is 5.32 Å². The number of nitrogens with one attached hydrogen (secondary N) is 1. The Bertz CT molecular complexity index is 818. The smallest absolute Gasteiger partial charge is 0.334 e. The van der Waals surface area contributed by atoms with E-state index < -0.39 is 12.2 Å². The van der Waals surface area contributed by atoms with E-state index >= 15 is 0 Å². The molecule has 9 nitrogen and oxygen atoms in total. The molecule has 1 aromatic rings. The van der Waals surface area contributed by atoms with E-state index in [0.29, 0.717) is 39.1 Å². The number of likely N-dealkylation sites (N-methyl/N-ethyl adjacent to an activating group) is 1. The van der Waals surface area contributed by atoms with Crippen LogP contribution in [0, 0.1) is 5.92 Å². The van der Waals surface area contributed by atoms with Gasteiger partial charge in [-0.15, -0.1) is 0 Å². The molecule has 4 amide bonds. The standard InChI is InChI=1S/C24H37N5O4/c1-5-27-17-22(30)28-20(14-18(2)3)23(31)26(12-9-13-33-4)16-21(28)29(27)24(32)25-15-19-10-7-6-8-11-19/h6-8,10-11,18,20-21H,5,9,12-17H2,1-4H3,(H,25,32)/t20-,21-/m0/s1. The third-order valence-electron chi connectivity index (χ3n) is 6.16. The highest BCUT2D eigenvalue weighted by Crippen LogP contribution is 2.29. The fourth-order valence-corrected chi connectivity index (χ4v) is 4.59. The van der Waals surface area contributed by atoms with Gasteiger partial charge in [-0.25, -0.2) is 14.8 Å². The molecule has 0 saturated carbocycles. The topological polar surface area (TPSA) is 85.4 Å². The highest BCUT2D eigenvalue weighted by atomic mass is 16.5. The van der Waals surface area contributed by atoms with Crippen molar-refractivity contribution in [1.29, 1.82) is 0 Å². The Morgan fingerprint density at radius 3 is 2.58 bits per heavy atom. The van der Waals surface area contributed by atoms with Gasteiger partial charge in [0.05, 0.1) is 13.1 Å². The maximum atomic E-state index is 13.4. The number of nitrogens with zero attached hydrogens (tertiary/aromatic N) is 4. The van der Waals surface area contributed by atoms with Crippen molar-refractivity contribution in [3.8, 4) is 0 Å². The average Bonchev–Trinajstić information content (AvgIpc) is 2.80. The maximum Gasteiger partial charge on any atom is 0.334 e. The number of ether oxygens (including phenoxy) is 1. The van der Waals surface area contributed by atoms with Gasteiger partial charge in [0.25, 0.3) is 0 Å². The minimum absolute atomic E-state index is 0.0426. The van der Waals surface area contributed by atoms with E-state index in [0.717, 1.165) is 5.56 Å². The summed E-state index contributed by atoms with van der Waals surface area (Å²) in [4.78, 5) is 43.4. The molecule has 0 radical (unpaired) electrons. The maximum absolute atomic E-state index is 13.4.